The first-order chi connectivity index (χ1) is 9.31. The van der Waals surface area contributed by atoms with Crippen molar-refractivity contribution in [3.63, 3.8) is 0 Å². The molecular formula is C16H26IN3. The molecule has 1 aromatic carbocycles. The molecule has 20 heavy (non-hydrogen) atoms. The van der Waals surface area contributed by atoms with Gasteiger partial charge >= 0.3 is 0 Å². The van der Waals surface area contributed by atoms with Crippen molar-refractivity contribution in [3.8, 4) is 0 Å². The van der Waals surface area contributed by atoms with Gasteiger partial charge < -0.3 is 10.6 Å². The lowest BCUT2D eigenvalue weighted by atomic mass is 10.1. The number of halogens is 1. The van der Waals surface area contributed by atoms with Gasteiger partial charge in [-0.15, -0.1) is 24.0 Å². The molecule has 2 N–H and O–H groups in total. The summed E-state index contributed by atoms with van der Waals surface area (Å²) in [6.07, 6.45) is 6.29. The van der Waals surface area contributed by atoms with Crippen molar-refractivity contribution < 1.29 is 0 Å². The summed E-state index contributed by atoms with van der Waals surface area (Å²) in [4.78, 5) is 4.23. The summed E-state index contributed by atoms with van der Waals surface area (Å²) in [6.45, 7) is 5.94. The maximum atomic E-state index is 4.23. The predicted octanol–water partition coefficient (Wildman–Crippen LogP) is 3.50. The van der Waals surface area contributed by atoms with E-state index in [0.717, 1.165) is 31.9 Å². The van der Waals surface area contributed by atoms with E-state index < -0.39 is 0 Å². The second kappa shape index (κ2) is 11.8. The quantitative estimate of drug-likeness (QED) is 0.258. The molecule has 0 saturated heterocycles. The van der Waals surface area contributed by atoms with Gasteiger partial charge in [0.05, 0.1) is 0 Å². The highest BCUT2D eigenvalue weighted by Crippen LogP contribution is 2.08. The summed E-state index contributed by atoms with van der Waals surface area (Å²) in [5, 5.41) is 6.65. The average Bonchev–Trinajstić information content (AvgIpc) is 2.47. The number of guanidine groups is 1. The topological polar surface area (TPSA) is 36.4 Å². The van der Waals surface area contributed by atoms with Gasteiger partial charge in [0.1, 0.15) is 0 Å². The molecule has 0 fully saturated rings. The van der Waals surface area contributed by atoms with Gasteiger partial charge in [-0.25, -0.2) is 0 Å². The number of hydrogen-bond acceptors (Lipinski definition) is 1. The zero-order valence-corrected chi connectivity index (χ0v) is 15.0. The van der Waals surface area contributed by atoms with E-state index in [1.807, 2.05) is 6.92 Å². The van der Waals surface area contributed by atoms with Crippen LogP contribution in [-0.2, 0) is 13.0 Å². The molecular weight excluding hydrogens is 361 g/mol. The Balaban J connectivity index is 0.00000361. The van der Waals surface area contributed by atoms with E-state index in [4.69, 9.17) is 0 Å². The Bertz CT molecular complexity index is 427. The van der Waals surface area contributed by atoms with Crippen LogP contribution < -0.4 is 10.6 Å². The number of rotatable bonds is 6. The molecule has 0 amide bonds. The maximum absolute atomic E-state index is 4.23. The third-order valence-corrected chi connectivity index (χ3v) is 3.01. The van der Waals surface area contributed by atoms with Gasteiger partial charge in [0, 0.05) is 20.1 Å². The Morgan fingerprint density at radius 2 is 1.90 bits per heavy atom. The van der Waals surface area contributed by atoms with Crippen LogP contribution in [0.5, 0.6) is 0 Å². The number of benzene rings is 1. The van der Waals surface area contributed by atoms with Gasteiger partial charge in [-0.05, 0) is 30.9 Å². The minimum absolute atomic E-state index is 0. The first kappa shape index (κ1) is 19.0. The molecule has 0 unspecified atom stereocenters. The van der Waals surface area contributed by atoms with Crippen LogP contribution in [0.4, 0.5) is 0 Å². The molecule has 0 saturated carbocycles. The standard InChI is InChI=1S/C16H25N3.HI/c1-4-6-9-12-18-16(17-3)19-13-15-11-8-7-10-14(15)5-2;/h4,6-8,10-11H,5,9,12-13H2,1-3H3,(H2,17,18,19);1H/b6-4+;. The predicted molar refractivity (Wildman–Crippen MR) is 98.9 cm³/mol. The fourth-order valence-electron chi connectivity index (χ4n) is 1.91. The van der Waals surface area contributed by atoms with Gasteiger partial charge in [0.15, 0.2) is 5.96 Å². The lowest BCUT2D eigenvalue weighted by Crippen LogP contribution is -2.37. The van der Waals surface area contributed by atoms with E-state index in [9.17, 15) is 0 Å². The first-order valence-corrected chi connectivity index (χ1v) is 6.94. The van der Waals surface area contributed by atoms with E-state index >= 15 is 0 Å². The second-order valence-electron chi connectivity index (χ2n) is 4.33. The molecule has 3 nitrogen and oxygen atoms in total. The van der Waals surface area contributed by atoms with Crippen molar-refractivity contribution in [1.29, 1.82) is 0 Å². The first-order valence-electron chi connectivity index (χ1n) is 6.94. The van der Waals surface area contributed by atoms with Crippen LogP contribution in [0.2, 0.25) is 0 Å². The molecule has 1 aromatic rings. The van der Waals surface area contributed by atoms with E-state index in [-0.39, 0.29) is 24.0 Å². The Labute approximate surface area is 140 Å². The third-order valence-electron chi connectivity index (χ3n) is 3.01. The van der Waals surface area contributed by atoms with Crippen molar-refractivity contribution in [2.24, 2.45) is 4.99 Å². The van der Waals surface area contributed by atoms with Gasteiger partial charge in [0.25, 0.3) is 0 Å². The monoisotopic (exact) mass is 387 g/mol. The minimum Gasteiger partial charge on any atom is -0.356 e. The number of nitrogens with one attached hydrogen (secondary N) is 2. The Kier molecular flexibility index (Phi) is 11.1. The number of nitrogens with zero attached hydrogens (tertiary/aromatic N) is 1. The molecule has 0 aliphatic heterocycles. The van der Waals surface area contributed by atoms with E-state index in [2.05, 4.69) is 59.0 Å². The molecule has 1 rings (SSSR count). The molecule has 0 spiro atoms. The van der Waals surface area contributed by atoms with Gasteiger partial charge in [-0.2, -0.15) is 0 Å². The van der Waals surface area contributed by atoms with Crippen LogP contribution in [0.3, 0.4) is 0 Å². The molecule has 112 valence electrons. The summed E-state index contributed by atoms with van der Waals surface area (Å²) < 4.78 is 0. The Hall–Kier alpha value is -1.04. The molecule has 0 radical (unpaired) electrons. The third kappa shape index (κ3) is 6.93. The fraction of sp³-hybridized carbons (Fsp3) is 0.438. The zero-order valence-electron chi connectivity index (χ0n) is 12.6. The van der Waals surface area contributed by atoms with Crippen LogP contribution in [0.15, 0.2) is 41.4 Å². The van der Waals surface area contributed by atoms with E-state index in [0.29, 0.717) is 0 Å². The molecule has 0 aliphatic carbocycles. The number of aliphatic imine (C=N–C) groups is 1. The SMILES string of the molecule is C/C=C/CCNC(=NC)NCc1ccccc1CC.I. The number of allylic oxidation sites excluding steroid dienone is 1. The lowest BCUT2D eigenvalue weighted by molar-refractivity contribution is 0.798. The highest BCUT2D eigenvalue weighted by atomic mass is 127. The van der Waals surface area contributed by atoms with Crippen LogP contribution in [0.1, 0.15) is 31.4 Å². The van der Waals surface area contributed by atoms with Crippen molar-refractivity contribution in [2.45, 2.75) is 33.2 Å². The normalized spacial score (nSPS) is 11.2. The Morgan fingerprint density at radius 1 is 1.20 bits per heavy atom. The van der Waals surface area contributed by atoms with Crippen LogP contribution in [-0.4, -0.2) is 19.6 Å². The summed E-state index contributed by atoms with van der Waals surface area (Å²) in [5.74, 6) is 0.857. The number of hydrogen-bond donors (Lipinski definition) is 2. The zero-order chi connectivity index (χ0) is 13.9. The fourth-order valence-corrected chi connectivity index (χ4v) is 1.91. The largest absolute Gasteiger partial charge is 0.356 e. The number of aryl methyl sites for hydroxylation is 1. The van der Waals surface area contributed by atoms with Gasteiger partial charge in [-0.1, -0.05) is 43.3 Å². The van der Waals surface area contributed by atoms with E-state index in [1.54, 1.807) is 7.05 Å². The van der Waals surface area contributed by atoms with Gasteiger partial charge in [0.2, 0.25) is 0 Å². The molecule has 0 heterocycles. The smallest absolute Gasteiger partial charge is 0.191 e. The summed E-state index contributed by atoms with van der Waals surface area (Å²) in [7, 11) is 1.80. The average molecular weight is 387 g/mol. The minimum atomic E-state index is 0. The van der Waals surface area contributed by atoms with Crippen molar-refractivity contribution in [1.82, 2.24) is 10.6 Å². The molecule has 0 bridgehead atoms. The molecule has 4 heteroatoms. The van der Waals surface area contributed by atoms with Crippen LogP contribution in [0, 0.1) is 0 Å². The summed E-state index contributed by atoms with van der Waals surface area (Å²) in [6, 6.07) is 8.52. The van der Waals surface area contributed by atoms with Crippen LogP contribution in [0.25, 0.3) is 0 Å². The highest BCUT2D eigenvalue weighted by Gasteiger charge is 2.01. The molecule has 0 atom stereocenters. The van der Waals surface area contributed by atoms with Crippen LogP contribution >= 0.6 is 24.0 Å². The van der Waals surface area contributed by atoms with Crippen molar-refractivity contribution in [3.05, 3.63) is 47.5 Å². The van der Waals surface area contributed by atoms with E-state index in [1.165, 1.54) is 11.1 Å². The summed E-state index contributed by atoms with van der Waals surface area (Å²) >= 11 is 0. The highest BCUT2D eigenvalue weighted by molar-refractivity contribution is 14.0. The van der Waals surface area contributed by atoms with Crippen molar-refractivity contribution in [2.75, 3.05) is 13.6 Å². The maximum Gasteiger partial charge on any atom is 0.191 e. The van der Waals surface area contributed by atoms with Crippen molar-refractivity contribution >= 4 is 29.9 Å². The molecule has 0 aliphatic rings. The molecule has 0 aromatic heterocycles. The van der Waals surface area contributed by atoms with Gasteiger partial charge in [-0.3, -0.25) is 4.99 Å². The lowest BCUT2D eigenvalue weighted by Gasteiger charge is -2.13. The Morgan fingerprint density at radius 3 is 2.50 bits per heavy atom. The second-order valence-corrected chi connectivity index (χ2v) is 4.33. The summed E-state index contributed by atoms with van der Waals surface area (Å²) in [5.41, 5.74) is 2.72.